The summed E-state index contributed by atoms with van der Waals surface area (Å²) in [6.07, 6.45) is 0. The van der Waals surface area contributed by atoms with Crippen LogP contribution in [-0.4, -0.2) is 15.2 Å². The maximum Gasteiger partial charge on any atom is 0.198 e. The highest BCUT2D eigenvalue weighted by atomic mass is 27.1. The Bertz CT molecular complexity index is 17.2. The first-order valence-corrected chi connectivity index (χ1v) is 3.86. The lowest BCUT2D eigenvalue weighted by Gasteiger charge is -1.74. The standard InChI is InChI=1S/2C2H5.Al.2H2/c2*1-2;;;/h2*1H2,2H3;;2*1H. The van der Waals surface area contributed by atoms with E-state index in [-0.39, 0.29) is 2.85 Å². The molecular formula is C4H14Al. The normalized spacial score (nSPS) is 7.60. The molecule has 0 aromatic heterocycles. The van der Waals surface area contributed by atoms with E-state index in [4.69, 9.17) is 0 Å². The summed E-state index contributed by atoms with van der Waals surface area (Å²) in [7, 11) is 0. The molecule has 0 heterocycles. The molecule has 0 aliphatic carbocycles. The van der Waals surface area contributed by atoms with E-state index < -0.39 is 0 Å². The first-order valence-electron chi connectivity index (χ1n) is 2.23. The summed E-state index contributed by atoms with van der Waals surface area (Å²) in [6, 6.07) is 0. The van der Waals surface area contributed by atoms with Crippen LogP contribution in [0, 0.1) is 0 Å². The first kappa shape index (κ1) is 5.53. The monoisotopic (exact) mass is 89.1 g/mol. The van der Waals surface area contributed by atoms with Gasteiger partial charge in [-0.1, -0.05) is 13.8 Å². The highest BCUT2D eigenvalue weighted by Gasteiger charge is 1.74. The van der Waals surface area contributed by atoms with E-state index in [1.54, 1.807) is 0 Å². The molecule has 5 heavy (non-hydrogen) atoms. The topological polar surface area (TPSA) is 0 Å². The summed E-state index contributed by atoms with van der Waals surface area (Å²) in [5.41, 5.74) is 0. The Hall–Kier alpha value is 0.532. The molecule has 0 saturated heterocycles. The summed E-state index contributed by atoms with van der Waals surface area (Å²) >= 11 is 0.815. The summed E-state index contributed by atoms with van der Waals surface area (Å²) < 4.78 is 0. The minimum atomic E-state index is 0. The summed E-state index contributed by atoms with van der Waals surface area (Å²) in [5.74, 6) is 0. The van der Waals surface area contributed by atoms with Gasteiger partial charge in [0.15, 0.2) is 15.2 Å². The van der Waals surface area contributed by atoms with Crippen LogP contribution in [0.5, 0.6) is 0 Å². The first-order chi connectivity index (χ1) is 2.41. The Morgan fingerprint density at radius 1 is 1.40 bits per heavy atom. The van der Waals surface area contributed by atoms with Crippen LogP contribution in [0.15, 0.2) is 0 Å². The van der Waals surface area contributed by atoms with Gasteiger partial charge in [0.2, 0.25) is 0 Å². The second-order valence-electron chi connectivity index (χ2n) is 1.11. The van der Waals surface area contributed by atoms with Crippen molar-refractivity contribution < 1.29 is 2.85 Å². The van der Waals surface area contributed by atoms with Gasteiger partial charge in [-0.25, -0.2) is 0 Å². The predicted molar refractivity (Wildman–Crippen MR) is 30.9 cm³/mol. The fraction of sp³-hybridized carbons (Fsp3) is 1.00. The van der Waals surface area contributed by atoms with Gasteiger partial charge in [0.1, 0.15) is 0 Å². The second kappa shape index (κ2) is 4.53. The van der Waals surface area contributed by atoms with Gasteiger partial charge in [-0.2, -0.15) is 0 Å². The Morgan fingerprint density at radius 3 is 1.80 bits per heavy atom. The van der Waals surface area contributed by atoms with Crippen LogP contribution < -0.4 is 0 Å². The molecule has 0 nitrogen and oxygen atoms in total. The van der Waals surface area contributed by atoms with Crippen molar-refractivity contribution in [2.45, 2.75) is 24.4 Å². The minimum Gasteiger partial charge on any atom is -0.106 e. The van der Waals surface area contributed by atoms with Crippen LogP contribution in [0.25, 0.3) is 0 Å². The highest BCUT2D eigenvalue weighted by molar-refractivity contribution is 6.34. The fourth-order valence-electron chi connectivity index (χ4n) is 0.289. The largest absolute Gasteiger partial charge is 0.198 e. The van der Waals surface area contributed by atoms with Crippen molar-refractivity contribution >= 4 is 15.2 Å². The zero-order valence-corrected chi connectivity index (χ0v) is 5.15. The molecule has 0 aliphatic heterocycles. The van der Waals surface area contributed by atoms with Crippen LogP contribution in [0.3, 0.4) is 0 Å². The molecule has 0 aromatic carbocycles. The molecule has 0 spiro atoms. The maximum atomic E-state index is 2.25. The number of rotatable bonds is 2. The molecule has 1 heteroatoms. The predicted octanol–water partition coefficient (Wildman–Crippen LogP) is 2.06. The molecule has 0 unspecified atom stereocenters. The van der Waals surface area contributed by atoms with Gasteiger partial charge >= 0.3 is 0 Å². The zero-order chi connectivity index (χ0) is 4.12. The second-order valence-corrected chi connectivity index (χ2v) is 3.32. The van der Waals surface area contributed by atoms with Crippen molar-refractivity contribution in [3.05, 3.63) is 0 Å². The van der Waals surface area contributed by atoms with Crippen molar-refractivity contribution in [2.24, 2.45) is 0 Å². The van der Waals surface area contributed by atoms with E-state index in [2.05, 4.69) is 13.8 Å². The SMILES string of the molecule is C[CH2][Al][CH2]C.[HH].[HH]. The van der Waals surface area contributed by atoms with Gasteiger partial charge in [0, 0.05) is 2.85 Å². The average Bonchev–Trinajstić information content (AvgIpc) is 1.41. The minimum absolute atomic E-state index is 0. The molecule has 0 aromatic rings. The van der Waals surface area contributed by atoms with E-state index in [0.717, 1.165) is 15.2 Å². The summed E-state index contributed by atoms with van der Waals surface area (Å²) in [4.78, 5) is 0. The van der Waals surface area contributed by atoms with Gasteiger partial charge in [0.05, 0.1) is 0 Å². The Balaban J connectivity index is -0.0000000800. The Morgan fingerprint density at radius 2 is 1.80 bits per heavy atom. The molecule has 0 bridgehead atoms. The lowest BCUT2D eigenvalue weighted by molar-refractivity contribution is 1.36. The summed E-state index contributed by atoms with van der Waals surface area (Å²) in [5, 5.41) is 2.85. The van der Waals surface area contributed by atoms with E-state index in [1.165, 1.54) is 10.6 Å². The van der Waals surface area contributed by atoms with Gasteiger partial charge in [-0.05, 0) is 0 Å². The fourth-order valence-corrected chi connectivity index (χ4v) is 0.866. The maximum absolute atomic E-state index is 2.25. The molecule has 0 saturated carbocycles. The third-order valence-electron chi connectivity index (χ3n) is 0.577. The molecule has 0 N–H and O–H groups in total. The van der Waals surface area contributed by atoms with Gasteiger partial charge in [-0.3, -0.25) is 0 Å². The average molecular weight is 89.1 g/mol. The van der Waals surface area contributed by atoms with Crippen molar-refractivity contribution in [1.82, 2.24) is 0 Å². The van der Waals surface area contributed by atoms with Crippen molar-refractivity contribution in [3.8, 4) is 0 Å². The quantitative estimate of drug-likeness (QED) is 0.454. The molecule has 0 atom stereocenters. The van der Waals surface area contributed by atoms with Crippen molar-refractivity contribution in [3.63, 3.8) is 0 Å². The molecule has 0 fully saturated rings. The number of hydrogen-bond donors (Lipinski definition) is 0. The third-order valence-corrected chi connectivity index (χ3v) is 1.73. The lowest BCUT2D eigenvalue weighted by Crippen LogP contribution is -1.76. The van der Waals surface area contributed by atoms with Gasteiger partial charge in [0.25, 0.3) is 0 Å². The molecule has 1 radical (unpaired) electrons. The molecule has 0 rings (SSSR count). The van der Waals surface area contributed by atoms with Crippen LogP contribution in [0.1, 0.15) is 16.7 Å². The Labute approximate surface area is 43.3 Å². The van der Waals surface area contributed by atoms with Crippen LogP contribution >= 0.6 is 0 Å². The Kier molecular flexibility index (Phi) is 5.02. The van der Waals surface area contributed by atoms with E-state index in [0.29, 0.717) is 0 Å². The van der Waals surface area contributed by atoms with E-state index in [1.807, 2.05) is 0 Å². The van der Waals surface area contributed by atoms with E-state index >= 15 is 0 Å². The van der Waals surface area contributed by atoms with Crippen LogP contribution in [0.2, 0.25) is 10.6 Å². The van der Waals surface area contributed by atoms with Crippen LogP contribution in [0.4, 0.5) is 0 Å². The van der Waals surface area contributed by atoms with Gasteiger partial charge < -0.3 is 0 Å². The van der Waals surface area contributed by atoms with Crippen LogP contribution in [-0.2, 0) is 0 Å². The zero-order valence-electron chi connectivity index (χ0n) is 3.99. The highest BCUT2D eigenvalue weighted by Crippen LogP contribution is 1.77. The van der Waals surface area contributed by atoms with Crippen molar-refractivity contribution in [1.29, 1.82) is 0 Å². The third kappa shape index (κ3) is 4.53. The molecule has 0 aliphatic rings. The molecular weight excluding hydrogens is 75.0 g/mol. The smallest absolute Gasteiger partial charge is 0.106 e. The lowest BCUT2D eigenvalue weighted by atomic mass is 10.9. The number of hydrogen-bond acceptors (Lipinski definition) is 0. The van der Waals surface area contributed by atoms with Gasteiger partial charge in [-0.15, -0.1) is 10.6 Å². The molecule has 0 amide bonds. The van der Waals surface area contributed by atoms with E-state index in [9.17, 15) is 0 Å². The molecule has 33 valence electrons. The van der Waals surface area contributed by atoms with Crippen molar-refractivity contribution in [2.75, 3.05) is 0 Å². The summed E-state index contributed by atoms with van der Waals surface area (Å²) in [6.45, 7) is 4.50.